The summed E-state index contributed by atoms with van der Waals surface area (Å²) in [5.41, 5.74) is 4.66. The fourth-order valence-corrected chi connectivity index (χ4v) is 1.44. The Morgan fingerprint density at radius 3 is 2.75 bits per heavy atom. The minimum absolute atomic E-state index is 0.211. The van der Waals surface area contributed by atoms with E-state index in [1.54, 1.807) is 13.8 Å². The van der Waals surface area contributed by atoms with E-state index in [-0.39, 0.29) is 6.04 Å². The Morgan fingerprint density at radius 2 is 2.42 bits per heavy atom. The lowest BCUT2D eigenvalue weighted by atomic mass is 10.2. The highest BCUT2D eigenvalue weighted by Gasteiger charge is 2.43. The summed E-state index contributed by atoms with van der Waals surface area (Å²) < 4.78 is 5.28. The van der Waals surface area contributed by atoms with E-state index in [9.17, 15) is 4.79 Å². The molecule has 5 nitrogen and oxygen atoms in total. The number of nitrogens with two attached hydrogens (primary N) is 1. The minimum Gasteiger partial charge on any atom is -0.465 e. The molecule has 1 saturated heterocycles. The maximum absolute atomic E-state index is 10.8. The van der Waals surface area contributed by atoms with Gasteiger partial charge in [0.1, 0.15) is 5.72 Å². The van der Waals surface area contributed by atoms with E-state index in [1.807, 2.05) is 0 Å². The first kappa shape index (κ1) is 9.28. The molecule has 1 heterocycles. The van der Waals surface area contributed by atoms with Crippen molar-refractivity contribution in [3.63, 3.8) is 0 Å². The van der Waals surface area contributed by atoms with Gasteiger partial charge in [-0.05, 0) is 13.8 Å². The van der Waals surface area contributed by atoms with Crippen LogP contribution in [0.15, 0.2) is 0 Å². The molecule has 0 aromatic rings. The zero-order chi connectivity index (χ0) is 9.35. The average Bonchev–Trinajstić information content (AvgIpc) is 2.24. The Morgan fingerprint density at radius 1 is 1.83 bits per heavy atom. The van der Waals surface area contributed by atoms with Crippen molar-refractivity contribution >= 4 is 6.09 Å². The fraction of sp³-hybridized carbons (Fsp3) is 0.857. The SMILES string of the molecule is CC1(C)OC[C@H](CN)N1C(=O)O. The first-order chi connectivity index (χ1) is 5.49. The summed E-state index contributed by atoms with van der Waals surface area (Å²) in [4.78, 5) is 12.0. The molecule has 12 heavy (non-hydrogen) atoms. The van der Waals surface area contributed by atoms with Gasteiger partial charge in [0.15, 0.2) is 0 Å². The summed E-state index contributed by atoms with van der Waals surface area (Å²) in [6.45, 7) is 4.12. The summed E-state index contributed by atoms with van der Waals surface area (Å²) in [6, 6.07) is -0.211. The van der Waals surface area contributed by atoms with Gasteiger partial charge in [-0.25, -0.2) is 4.79 Å². The molecule has 1 rings (SSSR count). The molecule has 1 fully saturated rings. The van der Waals surface area contributed by atoms with Crippen molar-refractivity contribution in [2.75, 3.05) is 13.2 Å². The molecule has 0 aromatic heterocycles. The summed E-state index contributed by atoms with van der Waals surface area (Å²) in [7, 11) is 0. The van der Waals surface area contributed by atoms with Crippen LogP contribution in [0.4, 0.5) is 4.79 Å². The van der Waals surface area contributed by atoms with E-state index >= 15 is 0 Å². The third kappa shape index (κ3) is 1.37. The standard InChI is InChI=1S/C7H14N2O3/c1-7(2)9(6(10)11)5(3-8)4-12-7/h5H,3-4,8H2,1-2H3,(H,10,11)/t5-/m0/s1. The highest BCUT2D eigenvalue weighted by molar-refractivity contribution is 5.66. The molecule has 1 amide bonds. The largest absolute Gasteiger partial charge is 0.465 e. The van der Waals surface area contributed by atoms with E-state index in [2.05, 4.69) is 0 Å². The number of rotatable bonds is 1. The molecule has 3 N–H and O–H groups in total. The average molecular weight is 174 g/mol. The minimum atomic E-state index is -0.979. The lowest BCUT2D eigenvalue weighted by molar-refractivity contribution is -0.0417. The molecule has 0 aromatic carbocycles. The van der Waals surface area contributed by atoms with E-state index in [0.717, 1.165) is 0 Å². The van der Waals surface area contributed by atoms with E-state index in [4.69, 9.17) is 15.6 Å². The Balaban J connectivity index is 2.80. The van der Waals surface area contributed by atoms with Crippen LogP contribution in [0.5, 0.6) is 0 Å². The van der Waals surface area contributed by atoms with Crippen molar-refractivity contribution < 1.29 is 14.6 Å². The van der Waals surface area contributed by atoms with Crippen LogP contribution in [-0.4, -0.2) is 41.0 Å². The summed E-state index contributed by atoms with van der Waals surface area (Å²) in [5, 5.41) is 8.84. The summed E-state index contributed by atoms with van der Waals surface area (Å²) in [5.74, 6) is 0. The van der Waals surface area contributed by atoms with Crippen LogP contribution < -0.4 is 5.73 Å². The van der Waals surface area contributed by atoms with Gasteiger partial charge < -0.3 is 15.6 Å². The van der Waals surface area contributed by atoms with Crippen LogP contribution in [0.1, 0.15) is 13.8 Å². The zero-order valence-electron chi connectivity index (χ0n) is 7.28. The third-order valence-electron chi connectivity index (χ3n) is 2.05. The van der Waals surface area contributed by atoms with E-state index < -0.39 is 11.8 Å². The van der Waals surface area contributed by atoms with Crippen molar-refractivity contribution in [3.05, 3.63) is 0 Å². The normalized spacial score (nSPS) is 27.6. The van der Waals surface area contributed by atoms with Crippen molar-refractivity contribution in [2.24, 2.45) is 5.73 Å². The Labute approximate surface area is 71.1 Å². The Hall–Kier alpha value is -0.810. The Kier molecular flexibility index (Phi) is 2.25. The maximum Gasteiger partial charge on any atom is 0.409 e. The van der Waals surface area contributed by atoms with Gasteiger partial charge in [-0.1, -0.05) is 0 Å². The van der Waals surface area contributed by atoms with Gasteiger partial charge >= 0.3 is 6.09 Å². The predicted molar refractivity (Wildman–Crippen MR) is 42.7 cm³/mol. The van der Waals surface area contributed by atoms with Crippen LogP contribution in [0.25, 0.3) is 0 Å². The summed E-state index contributed by atoms with van der Waals surface area (Å²) in [6.07, 6.45) is -0.979. The second kappa shape index (κ2) is 2.91. The van der Waals surface area contributed by atoms with Crippen molar-refractivity contribution in [1.82, 2.24) is 4.90 Å². The second-order valence-electron chi connectivity index (χ2n) is 3.30. The van der Waals surface area contributed by atoms with Crippen LogP contribution in [0.3, 0.4) is 0 Å². The second-order valence-corrected chi connectivity index (χ2v) is 3.30. The van der Waals surface area contributed by atoms with Crippen LogP contribution in [-0.2, 0) is 4.74 Å². The molecular weight excluding hydrogens is 160 g/mol. The number of carboxylic acid groups (broad SMARTS) is 1. The molecular formula is C7H14N2O3. The fourth-order valence-electron chi connectivity index (χ4n) is 1.44. The molecule has 1 aliphatic rings. The topological polar surface area (TPSA) is 75.8 Å². The maximum atomic E-state index is 10.8. The van der Waals surface area contributed by atoms with Crippen LogP contribution in [0, 0.1) is 0 Å². The van der Waals surface area contributed by atoms with Crippen LogP contribution >= 0.6 is 0 Å². The van der Waals surface area contributed by atoms with Crippen molar-refractivity contribution in [2.45, 2.75) is 25.6 Å². The summed E-state index contributed by atoms with van der Waals surface area (Å²) >= 11 is 0. The van der Waals surface area contributed by atoms with Gasteiger partial charge in [0.25, 0.3) is 0 Å². The number of amides is 1. The quantitative estimate of drug-likeness (QED) is 0.589. The molecule has 0 spiro atoms. The smallest absolute Gasteiger partial charge is 0.409 e. The van der Waals surface area contributed by atoms with E-state index in [0.29, 0.717) is 13.2 Å². The third-order valence-corrected chi connectivity index (χ3v) is 2.05. The molecule has 70 valence electrons. The highest BCUT2D eigenvalue weighted by atomic mass is 16.5. The highest BCUT2D eigenvalue weighted by Crippen LogP contribution is 2.26. The molecule has 0 unspecified atom stereocenters. The molecule has 0 radical (unpaired) electrons. The number of carbonyl (C=O) groups is 1. The number of nitrogens with zero attached hydrogens (tertiary/aromatic N) is 1. The molecule has 0 aliphatic carbocycles. The van der Waals surface area contributed by atoms with Gasteiger partial charge in [0, 0.05) is 6.54 Å². The van der Waals surface area contributed by atoms with Gasteiger partial charge in [-0.3, -0.25) is 4.90 Å². The monoisotopic (exact) mass is 174 g/mol. The predicted octanol–water partition coefficient (Wildman–Crippen LogP) is 0.0600. The molecule has 1 atom stereocenters. The number of ether oxygens (including phenoxy) is 1. The first-order valence-corrected chi connectivity index (χ1v) is 3.85. The van der Waals surface area contributed by atoms with Crippen LogP contribution in [0.2, 0.25) is 0 Å². The Bertz CT molecular complexity index is 193. The van der Waals surface area contributed by atoms with E-state index in [1.165, 1.54) is 4.90 Å². The lowest BCUT2D eigenvalue weighted by Gasteiger charge is -2.30. The van der Waals surface area contributed by atoms with Gasteiger partial charge in [-0.2, -0.15) is 0 Å². The zero-order valence-corrected chi connectivity index (χ0v) is 7.28. The van der Waals surface area contributed by atoms with Crippen molar-refractivity contribution in [1.29, 1.82) is 0 Å². The van der Waals surface area contributed by atoms with Crippen molar-refractivity contribution in [3.8, 4) is 0 Å². The van der Waals surface area contributed by atoms with Gasteiger partial charge in [-0.15, -0.1) is 0 Å². The number of hydrogen-bond acceptors (Lipinski definition) is 3. The molecule has 0 bridgehead atoms. The number of hydrogen-bond donors (Lipinski definition) is 2. The lowest BCUT2D eigenvalue weighted by Crippen LogP contribution is -2.49. The van der Waals surface area contributed by atoms with Gasteiger partial charge in [0.05, 0.1) is 12.6 Å². The molecule has 0 saturated carbocycles. The molecule has 1 aliphatic heterocycles. The first-order valence-electron chi connectivity index (χ1n) is 3.85. The molecule has 5 heteroatoms. The van der Waals surface area contributed by atoms with Gasteiger partial charge in [0.2, 0.25) is 0 Å².